The Morgan fingerprint density at radius 2 is 1.92 bits per heavy atom. The molecule has 0 saturated carbocycles. The summed E-state index contributed by atoms with van der Waals surface area (Å²) in [7, 11) is 0. The molecule has 1 unspecified atom stereocenters. The summed E-state index contributed by atoms with van der Waals surface area (Å²) in [5.41, 5.74) is 6.19. The largest absolute Gasteiger partial charge is 0.381 e. The van der Waals surface area contributed by atoms with Gasteiger partial charge in [0.15, 0.2) is 0 Å². The standard InChI is InChI=1S/C18H25ClN4O3/c19-14-1-2-15(21-11-14)22-17(24)13-3-7-23(8-4-13)18(25)16(20)12-5-9-26-10-6-12/h1-2,11-13,16H,3-10,20H2,(H,21,22,24). The lowest BCUT2D eigenvalue weighted by molar-refractivity contribution is -0.137. The number of likely N-dealkylation sites (tertiary alicyclic amines) is 1. The highest BCUT2D eigenvalue weighted by atomic mass is 35.5. The SMILES string of the molecule is NC(C(=O)N1CCC(C(=O)Nc2ccc(Cl)cn2)CC1)C1CCOCC1. The van der Waals surface area contributed by atoms with Crippen LogP contribution in [0.1, 0.15) is 25.7 Å². The number of pyridine rings is 1. The molecule has 0 aliphatic carbocycles. The first-order valence-corrected chi connectivity index (χ1v) is 9.47. The van der Waals surface area contributed by atoms with Crippen LogP contribution in [0.4, 0.5) is 5.82 Å². The lowest BCUT2D eigenvalue weighted by Gasteiger charge is -2.35. The number of rotatable bonds is 4. The highest BCUT2D eigenvalue weighted by molar-refractivity contribution is 6.30. The Bertz CT molecular complexity index is 626. The van der Waals surface area contributed by atoms with E-state index in [2.05, 4.69) is 10.3 Å². The van der Waals surface area contributed by atoms with Crippen molar-refractivity contribution in [3.8, 4) is 0 Å². The van der Waals surface area contributed by atoms with Crippen LogP contribution in [0.3, 0.4) is 0 Å². The molecule has 1 atom stereocenters. The van der Waals surface area contributed by atoms with E-state index >= 15 is 0 Å². The minimum Gasteiger partial charge on any atom is -0.381 e. The van der Waals surface area contributed by atoms with E-state index in [0.29, 0.717) is 50.0 Å². The van der Waals surface area contributed by atoms with Gasteiger partial charge in [0, 0.05) is 38.4 Å². The second-order valence-corrected chi connectivity index (χ2v) is 7.36. The number of nitrogens with one attached hydrogen (secondary N) is 1. The predicted molar refractivity (Wildman–Crippen MR) is 98.7 cm³/mol. The Labute approximate surface area is 158 Å². The van der Waals surface area contributed by atoms with Crippen LogP contribution in [0, 0.1) is 11.8 Å². The van der Waals surface area contributed by atoms with Crippen LogP contribution in [-0.2, 0) is 14.3 Å². The number of nitrogens with two attached hydrogens (primary N) is 1. The van der Waals surface area contributed by atoms with Crippen molar-refractivity contribution < 1.29 is 14.3 Å². The van der Waals surface area contributed by atoms with Crippen molar-refractivity contribution in [3.05, 3.63) is 23.4 Å². The summed E-state index contributed by atoms with van der Waals surface area (Å²) in [6.45, 7) is 2.46. The molecule has 2 saturated heterocycles. The van der Waals surface area contributed by atoms with E-state index in [4.69, 9.17) is 22.1 Å². The van der Waals surface area contributed by atoms with Gasteiger partial charge in [-0.3, -0.25) is 9.59 Å². The van der Waals surface area contributed by atoms with E-state index in [1.165, 1.54) is 6.20 Å². The number of carbonyl (C=O) groups excluding carboxylic acids is 2. The van der Waals surface area contributed by atoms with Gasteiger partial charge in [-0.1, -0.05) is 11.6 Å². The highest BCUT2D eigenvalue weighted by Gasteiger charge is 2.33. The molecule has 0 spiro atoms. The molecule has 8 heteroatoms. The van der Waals surface area contributed by atoms with Gasteiger partial charge in [0.25, 0.3) is 0 Å². The summed E-state index contributed by atoms with van der Waals surface area (Å²) in [6.07, 6.45) is 4.42. The number of amides is 2. The molecule has 1 aromatic rings. The monoisotopic (exact) mass is 380 g/mol. The van der Waals surface area contributed by atoms with Crippen molar-refractivity contribution in [1.82, 2.24) is 9.88 Å². The number of halogens is 1. The van der Waals surface area contributed by atoms with Crippen LogP contribution in [0.5, 0.6) is 0 Å². The van der Waals surface area contributed by atoms with Crippen LogP contribution < -0.4 is 11.1 Å². The maximum Gasteiger partial charge on any atom is 0.239 e. The van der Waals surface area contributed by atoms with Gasteiger partial charge in [-0.15, -0.1) is 0 Å². The van der Waals surface area contributed by atoms with Crippen LogP contribution in [0.15, 0.2) is 18.3 Å². The summed E-state index contributed by atoms with van der Waals surface area (Å²) in [6, 6.07) is 2.89. The molecule has 142 valence electrons. The molecule has 0 bridgehead atoms. The fourth-order valence-electron chi connectivity index (χ4n) is 3.53. The number of hydrogen-bond donors (Lipinski definition) is 2. The zero-order valence-electron chi connectivity index (χ0n) is 14.7. The molecule has 3 heterocycles. The Morgan fingerprint density at radius 3 is 2.54 bits per heavy atom. The summed E-state index contributed by atoms with van der Waals surface area (Å²) in [5, 5.41) is 3.33. The van der Waals surface area contributed by atoms with Crippen molar-refractivity contribution in [2.45, 2.75) is 31.7 Å². The van der Waals surface area contributed by atoms with Gasteiger partial charge >= 0.3 is 0 Å². The van der Waals surface area contributed by atoms with E-state index in [-0.39, 0.29) is 23.7 Å². The van der Waals surface area contributed by atoms with Crippen LogP contribution in [0.25, 0.3) is 0 Å². The Hall–Kier alpha value is -1.70. The average Bonchev–Trinajstić information content (AvgIpc) is 2.69. The molecular formula is C18H25ClN4O3. The second kappa shape index (κ2) is 8.79. The highest BCUT2D eigenvalue weighted by Crippen LogP contribution is 2.23. The van der Waals surface area contributed by atoms with E-state index in [1.54, 1.807) is 17.0 Å². The predicted octanol–water partition coefficient (Wildman–Crippen LogP) is 1.67. The smallest absolute Gasteiger partial charge is 0.239 e. The number of aromatic nitrogens is 1. The van der Waals surface area contributed by atoms with E-state index < -0.39 is 6.04 Å². The quantitative estimate of drug-likeness (QED) is 0.828. The van der Waals surface area contributed by atoms with Gasteiger partial charge in [0.1, 0.15) is 5.82 Å². The molecule has 2 aliphatic rings. The fraction of sp³-hybridized carbons (Fsp3) is 0.611. The summed E-state index contributed by atoms with van der Waals surface area (Å²) in [4.78, 5) is 30.9. The average molecular weight is 381 g/mol. The van der Waals surface area contributed by atoms with Gasteiger partial charge < -0.3 is 20.7 Å². The van der Waals surface area contributed by atoms with Crippen molar-refractivity contribution in [2.75, 3.05) is 31.6 Å². The number of hydrogen-bond acceptors (Lipinski definition) is 5. The van der Waals surface area contributed by atoms with Gasteiger partial charge in [-0.25, -0.2) is 4.98 Å². The van der Waals surface area contributed by atoms with Crippen LogP contribution >= 0.6 is 11.6 Å². The van der Waals surface area contributed by atoms with Crippen molar-refractivity contribution in [1.29, 1.82) is 0 Å². The lowest BCUT2D eigenvalue weighted by Crippen LogP contribution is -2.51. The summed E-state index contributed by atoms with van der Waals surface area (Å²) < 4.78 is 5.33. The normalized spacial score (nSPS) is 20.6. The van der Waals surface area contributed by atoms with Crippen molar-refractivity contribution in [3.63, 3.8) is 0 Å². The topological polar surface area (TPSA) is 97.6 Å². The molecule has 3 rings (SSSR count). The Morgan fingerprint density at radius 1 is 1.23 bits per heavy atom. The third-order valence-electron chi connectivity index (χ3n) is 5.22. The number of anilines is 1. The first-order valence-electron chi connectivity index (χ1n) is 9.09. The van der Waals surface area contributed by atoms with Crippen molar-refractivity contribution in [2.24, 2.45) is 17.6 Å². The summed E-state index contributed by atoms with van der Waals surface area (Å²) >= 11 is 5.79. The molecule has 2 fully saturated rings. The molecular weight excluding hydrogens is 356 g/mol. The third kappa shape index (κ3) is 4.72. The molecule has 26 heavy (non-hydrogen) atoms. The molecule has 1 aromatic heterocycles. The van der Waals surface area contributed by atoms with Gasteiger partial charge in [0.2, 0.25) is 11.8 Å². The molecule has 0 radical (unpaired) electrons. The summed E-state index contributed by atoms with van der Waals surface area (Å²) in [5.74, 6) is 0.472. The Kier molecular flexibility index (Phi) is 6.45. The number of ether oxygens (including phenoxy) is 1. The first-order chi connectivity index (χ1) is 12.5. The minimum atomic E-state index is -0.470. The van der Waals surface area contributed by atoms with E-state index in [9.17, 15) is 9.59 Å². The first kappa shape index (κ1) is 19.1. The maximum atomic E-state index is 12.6. The molecule has 0 aromatic carbocycles. The molecule has 2 aliphatic heterocycles. The van der Waals surface area contributed by atoms with Gasteiger partial charge in [0.05, 0.1) is 11.1 Å². The molecule has 7 nitrogen and oxygen atoms in total. The maximum absolute atomic E-state index is 12.6. The van der Waals surface area contributed by atoms with E-state index in [1.807, 2.05) is 0 Å². The lowest BCUT2D eigenvalue weighted by atomic mass is 9.90. The van der Waals surface area contributed by atoms with E-state index in [0.717, 1.165) is 12.8 Å². The molecule has 3 N–H and O–H groups in total. The van der Waals surface area contributed by atoms with Crippen LogP contribution in [-0.4, -0.2) is 54.0 Å². The van der Waals surface area contributed by atoms with Crippen molar-refractivity contribution >= 4 is 29.2 Å². The number of carbonyl (C=O) groups is 2. The minimum absolute atomic E-state index is 0.00451. The molecule has 2 amide bonds. The zero-order valence-corrected chi connectivity index (χ0v) is 15.5. The fourth-order valence-corrected chi connectivity index (χ4v) is 3.64. The van der Waals surface area contributed by atoms with Gasteiger partial charge in [-0.05, 0) is 43.7 Å². The second-order valence-electron chi connectivity index (χ2n) is 6.93. The van der Waals surface area contributed by atoms with Crippen LogP contribution in [0.2, 0.25) is 5.02 Å². The zero-order chi connectivity index (χ0) is 18.5. The Balaban J connectivity index is 1.47. The van der Waals surface area contributed by atoms with Gasteiger partial charge in [-0.2, -0.15) is 0 Å². The number of nitrogens with zero attached hydrogens (tertiary/aromatic N) is 2. The number of piperidine rings is 1. The third-order valence-corrected chi connectivity index (χ3v) is 5.44.